The summed E-state index contributed by atoms with van der Waals surface area (Å²) in [5.41, 5.74) is 14.7. The summed E-state index contributed by atoms with van der Waals surface area (Å²) in [5, 5.41) is 1.04. The summed E-state index contributed by atoms with van der Waals surface area (Å²) in [5.74, 6) is 2.42. The molecule has 1 aliphatic rings. The highest BCUT2D eigenvalue weighted by molar-refractivity contribution is 7.17. The average molecular weight is 665 g/mol. The summed E-state index contributed by atoms with van der Waals surface area (Å²) in [6, 6.07) is 37.6. The van der Waals surface area contributed by atoms with Crippen molar-refractivity contribution in [2.75, 3.05) is 0 Å². The van der Waals surface area contributed by atoms with Crippen molar-refractivity contribution in [3.05, 3.63) is 162 Å². The van der Waals surface area contributed by atoms with Gasteiger partial charge in [0.2, 0.25) is 0 Å². The van der Waals surface area contributed by atoms with Crippen LogP contribution in [0, 0.1) is 6.92 Å². The number of hydrogen-bond acceptors (Lipinski definition) is 6. The van der Waals surface area contributed by atoms with Crippen LogP contribution in [-0.2, 0) is 5.41 Å². The SMILES string of the molecule is C=C/C=C(/c1nc(-c2ccccc2)nc(-c2ccccc2)n1)c1oc2c(-c3ccc4c(c3)C(C)(C)c3ccc5ncsc5c3-4)cccc2c1C. The zero-order valence-corrected chi connectivity index (χ0v) is 28.8. The normalized spacial score (nSPS) is 13.5. The number of nitrogens with zero attached hydrogens (tertiary/aromatic N) is 4. The molecule has 8 aromatic rings. The van der Waals surface area contributed by atoms with Gasteiger partial charge in [0.1, 0.15) is 11.3 Å². The number of thiazole rings is 1. The Balaban J connectivity index is 1.20. The topological polar surface area (TPSA) is 64.7 Å². The lowest BCUT2D eigenvalue weighted by atomic mass is 9.81. The minimum atomic E-state index is -0.150. The Hall–Kier alpha value is -5.98. The Morgan fingerprint density at radius 2 is 1.46 bits per heavy atom. The van der Waals surface area contributed by atoms with Gasteiger partial charge in [-0.05, 0) is 47.4 Å². The summed E-state index contributed by atoms with van der Waals surface area (Å²) in [7, 11) is 0. The predicted molar refractivity (Wildman–Crippen MR) is 205 cm³/mol. The van der Waals surface area contributed by atoms with Gasteiger partial charge in [-0.25, -0.2) is 19.9 Å². The molecule has 0 N–H and O–H groups in total. The second-order valence-electron chi connectivity index (χ2n) is 13.2. The van der Waals surface area contributed by atoms with E-state index in [2.05, 4.69) is 80.9 Å². The summed E-state index contributed by atoms with van der Waals surface area (Å²) >= 11 is 1.72. The van der Waals surface area contributed by atoms with E-state index in [1.807, 2.05) is 72.3 Å². The van der Waals surface area contributed by atoms with Crippen LogP contribution in [0.2, 0.25) is 0 Å². The molecule has 0 amide bonds. The molecule has 50 heavy (non-hydrogen) atoms. The van der Waals surface area contributed by atoms with Gasteiger partial charge in [-0.2, -0.15) is 0 Å². The minimum Gasteiger partial charge on any atom is -0.455 e. The predicted octanol–water partition coefficient (Wildman–Crippen LogP) is 11.5. The van der Waals surface area contributed by atoms with Crippen LogP contribution in [0.15, 0.2) is 138 Å². The third-order valence-corrected chi connectivity index (χ3v) is 10.7. The minimum absolute atomic E-state index is 0.150. The molecule has 0 radical (unpaired) electrons. The number of rotatable bonds is 6. The molecule has 0 fully saturated rings. The molecule has 9 rings (SSSR count). The molecule has 5 nitrogen and oxygen atoms in total. The molecule has 240 valence electrons. The second-order valence-corrected chi connectivity index (χ2v) is 14.0. The molecule has 6 heteroatoms. The molecular weight excluding hydrogens is 633 g/mol. The largest absolute Gasteiger partial charge is 0.455 e. The smallest absolute Gasteiger partial charge is 0.167 e. The highest BCUT2D eigenvalue weighted by atomic mass is 32.1. The zero-order chi connectivity index (χ0) is 34.0. The second kappa shape index (κ2) is 11.6. The number of furan rings is 1. The van der Waals surface area contributed by atoms with Gasteiger partial charge in [0.05, 0.1) is 21.3 Å². The maximum Gasteiger partial charge on any atom is 0.167 e. The van der Waals surface area contributed by atoms with E-state index in [0.717, 1.165) is 49.9 Å². The molecule has 0 saturated heterocycles. The number of hydrogen-bond donors (Lipinski definition) is 0. The lowest BCUT2D eigenvalue weighted by Gasteiger charge is -2.22. The van der Waals surface area contributed by atoms with Gasteiger partial charge in [-0.1, -0.05) is 124 Å². The first-order valence-electron chi connectivity index (χ1n) is 16.7. The number of aryl methyl sites for hydroxylation is 1. The number of allylic oxidation sites excluding steroid dienone is 2. The fourth-order valence-corrected chi connectivity index (χ4v) is 8.19. The van der Waals surface area contributed by atoms with Crippen molar-refractivity contribution >= 4 is 38.1 Å². The molecule has 0 bridgehead atoms. The Morgan fingerprint density at radius 3 is 2.16 bits per heavy atom. The Bertz CT molecular complexity index is 2590. The van der Waals surface area contributed by atoms with Crippen molar-refractivity contribution in [3.63, 3.8) is 0 Å². The first kappa shape index (κ1) is 30.1. The van der Waals surface area contributed by atoms with Crippen LogP contribution in [0.5, 0.6) is 0 Å². The van der Waals surface area contributed by atoms with E-state index in [1.54, 1.807) is 17.4 Å². The highest BCUT2D eigenvalue weighted by Gasteiger charge is 2.37. The molecular formula is C44H32N4OS. The van der Waals surface area contributed by atoms with E-state index in [-0.39, 0.29) is 5.41 Å². The molecule has 3 aromatic heterocycles. The van der Waals surface area contributed by atoms with E-state index in [9.17, 15) is 0 Å². The van der Waals surface area contributed by atoms with E-state index in [1.165, 1.54) is 27.0 Å². The molecule has 0 saturated carbocycles. The molecule has 5 aromatic carbocycles. The highest BCUT2D eigenvalue weighted by Crippen LogP contribution is 2.53. The molecule has 0 aliphatic heterocycles. The number of aromatic nitrogens is 4. The third-order valence-electron chi connectivity index (χ3n) is 9.88. The van der Waals surface area contributed by atoms with Gasteiger partial charge in [-0.3, -0.25) is 0 Å². The van der Waals surface area contributed by atoms with Crippen LogP contribution < -0.4 is 0 Å². The standard InChI is InChI=1S/C44H32N4OS/c1-5-13-33(43-47-41(27-14-8-6-9-15-27)46-42(48-43)28-16-10-7-11-17-28)38-26(2)30-18-12-19-31(39(30)49-38)29-20-21-32-35(24-29)44(3,4)34-22-23-36-40(37(32)34)50-25-45-36/h5-25H,1H2,2-4H3/b33-13+. The van der Waals surface area contributed by atoms with Gasteiger partial charge in [-0.15, -0.1) is 11.3 Å². The van der Waals surface area contributed by atoms with Gasteiger partial charge in [0.15, 0.2) is 17.5 Å². The van der Waals surface area contributed by atoms with Crippen molar-refractivity contribution in [2.24, 2.45) is 0 Å². The average Bonchev–Trinajstić information content (AvgIpc) is 3.84. The first-order valence-corrected chi connectivity index (χ1v) is 17.5. The van der Waals surface area contributed by atoms with Crippen LogP contribution in [0.4, 0.5) is 0 Å². The first-order chi connectivity index (χ1) is 24.4. The monoisotopic (exact) mass is 664 g/mol. The zero-order valence-electron chi connectivity index (χ0n) is 27.9. The summed E-state index contributed by atoms with van der Waals surface area (Å²) in [6.45, 7) is 10.8. The van der Waals surface area contributed by atoms with Crippen molar-refractivity contribution in [2.45, 2.75) is 26.2 Å². The van der Waals surface area contributed by atoms with E-state index < -0.39 is 0 Å². The van der Waals surface area contributed by atoms with Crippen molar-refractivity contribution in [1.82, 2.24) is 19.9 Å². The van der Waals surface area contributed by atoms with Gasteiger partial charge >= 0.3 is 0 Å². The summed E-state index contributed by atoms with van der Waals surface area (Å²) in [4.78, 5) is 19.5. The van der Waals surface area contributed by atoms with Crippen molar-refractivity contribution in [3.8, 4) is 45.0 Å². The van der Waals surface area contributed by atoms with Gasteiger partial charge < -0.3 is 4.42 Å². The maximum absolute atomic E-state index is 6.90. The van der Waals surface area contributed by atoms with E-state index in [0.29, 0.717) is 23.2 Å². The van der Waals surface area contributed by atoms with Crippen molar-refractivity contribution in [1.29, 1.82) is 0 Å². The van der Waals surface area contributed by atoms with E-state index in [4.69, 9.17) is 19.4 Å². The molecule has 0 unspecified atom stereocenters. The molecule has 3 heterocycles. The summed E-state index contributed by atoms with van der Waals surface area (Å²) in [6.07, 6.45) is 3.69. The molecule has 1 aliphatic carbocycles. The van der Waals surface area contributed by atoms with E-state index >= 15 is 0 Å². The number of benzene rings is 5. The Labute approximate surface area is 294 Å². The van der Waals surface area contributed by atoms with Crippen molar-refractivity contribution < 1.29 is 4.42 Å². The van der Waals surface area contributed by atoms with Gasteiger partial charge in [0.25, 0.3) is 0 Å². The lowest BCUT2D eigenvalue weighted by molar-refractivity contribution is 0.597. The maximum atomic E-state index is 6.90. The van der Waals surface area contributed by atoms with Crippen LogP contribution in [0.3, 0.4) is 0 Å². The fraction of sp³-hybridized carbons (Fsp3) is 0.0909. The lowest BCUT2D eigenvalue weighted by Crippen LogP contribution is -2.14. The Kier molecular flexibility index (Phi) is 6.97. The number of para-hydroxylation sites is 1. The van der Waals surface area contributed by atoms with Crippen LogP contribution in [0.1, 0.15) is 42.1 Å². The van der Waals surface area contributed by atoms with Crippen LogP contribution >= 0.6 is 11.3 Å². The van der Waals surface area contributed by atoms with Crippen LogP contribution in [0.25, 0.3) is 71.8 Å². The van der Waals surface area contributed by atoms with Gasteiger partial charge in [0, 0.05) is 38.6 Å². The molecule has 0 spiro atoms. The molecule has 0 atom stereocenters. The van der Waals surface area contributed by atoms with Crippen LogP contribution in [-0.4, -0.2) is 19.9 Å². The third kappa shape index (κ3) is 4.67. The summed E-state index contributed by atoms with van der Waals surface area (Å²) < 4.78 is 8.15. The Morgan fingerprint density at radius 1 is 0.740 bits per heavy atom. The fourth-order valence-electron chi connectivity index (χ4n) is 7.33. The quantitative estimate of drug-likeness (QED) is 0.166. The number of fused-ring (bicyclic) bond motifs is 6.